The molecule has 0 heterocycles. The minimum absolute atomic E-state index is 0.00701. The number of rotatable bonds is 9. The van der Waals surface area contributed by atoms with Gasteiger partial charge in [0.2, 0.25) is 5.91 Å². The molecule has 0 aliphatic heterocycles. The van der Waals surface area contributed by atoms with Gasteiger partial charge in [0, 0.05) is 6.54 Å². The van der Waals surface area contributed by atoms with Gasteiger partial charge in [-0.25, -0.2) is 13.1 Å². The zero-order valence-electron chi connectivity index (χ0n) is 22.4. The molecule has 5 nitrogen and oxygen atoms in total. The summed E-state index contributed by atoms with van der Waals surface area (Å²) in [6, 6.07) is 19.3. The highest BCUT2D eigenvalue weighted by molar-refractivity contribution is 7.90. The normalized spacial score (nSPS) is 11.9. The second kappa shape index (κ2) is 11.4. The summed E-state index contributed by atoms with van der Waals surface area (Å²) in [5.74, 6) is -0.175. The molecule has 6 heteroatoms. The van der Waals surface area contributed by atoms with Gasteiger partial charge in [0.05, 0.1) is 11.3 Å². The van der Waals surface area contributed by atoms with E-state index in [0.29, 0.717) is 6.54 Å². The largest absolute Gasteiger partial charge is 0.305 e. The number of amides is 1. The Labute approximate surface area is 216 Å². The first-order valence-electron chi connectivity index (χ1n) is 12.4. The van der Waals surface area contributed by atoms with E-state index in [9.17, 15) is 13.2 Å². The van der Waals surface area contributed by atoms with E-state index in [2.05, 4.69) is 69.7 Å². The summed E-state index contributed by atoms with van der Waals surface area (Å²) < 4.78 is 28.2. The number of carbonyl (C=O) groups is 1. The summed E-state index contributed by atoms with van der Waals surface area (Å²) in [5, 5.41) is 0. The molecule has 3 rings (SSSR count). The Morgan fingerprint density at radius 3 is 1.94 bits per heavy atom. The maximum atomic E-state index is 13.1. The fourth-order valence-electron chi connectivity index (χ4n) is 4.49. The molecule has 0 atom stereocenters. The molecule has 0 spiro atoms. The van der Waals surface area contributed by atoms with Crippen LogP contribution in [0.4, 0.5) is 0 Å². The van der Waals surface area contributed by atoms with Gasteiger partial charge in [-0.05, 0) is 78.4 Å². The summed E-state index contributed by atoms with van der Waals surface area (Å²) in [4.78, 5) is 15.2. The molecule has 0 bridgehead atoms. The van der Waals surface area contributed by atoms with Crippen LogP contribution in [0.5, 0.6) is 0 Å². The fourth-order valence-corrected chi connectivity index (χ4v) is 5.47. The smallest absolute Gasteiger partial charge is 0.264 e. The molecule has 0 fully saturated rings. The third-order valence-corrected chi connectivity index (χ3v) is 7.62. The van der Waals surface area contributed by atoms with Crippen LogP contribution in [-0.4, -0.2) is 33.3 Å². The molecule has 1 N–H and O–H groups in total. The number of sulfonamides is 1. The summed E-state index contributed by atoms with van der Waals surface area (Å²) in [6.07, 6.45) is 0.00701. The molecule has 0 radical (unpaired) electrons. The van der Waals surface area contributed by atoms with Gasteiger partial charge in [0.1, 0.15) is 0 Å². The summed E-state index contributed by atoms with van der Waals surface area (Å²) in [7, 11) is -0.0531. The van der Waals surface area contributed by atoms with E-state index >= 15 is 0 Å². The Morgan fingerprint density at radius 1 is 0.861 bits per heavy atom. The van der Waals surface area contributed by atoms with E-state index in [-0.39, 0.29) is 23.2 Å². The molecule has 0 saturated carbocycles. The van der Waals surface area contributed by atoms with Gasteiger partial charge in [-0.3, -0.25) is 4.79 Å². The lowest BCUT2D eigenvalue weighted by Gasteiger charge is -2.22. The highest BCUT2D eigenvalue weighted by Crippen LogP contribution is 2.34. The predicted octanol–water partition coefficient (Wildman–Crippen LogP) is 6.02. The Morgan fingerprint density at radius 2 is 1.44 bits per heavy atom. The van der Waals surface area contributed by atoms with Crippen LogP contribution in [0.15, 0.2) is 65.6 Å². The average molecular weight is 507 g/mol. The van der Waals surface area contributed by atoms with E-state index in [1.807, 2.05) is 25.1 Å². The molecular weight excluding hydrogens is 468 g/mol. The van der Waals surface area contributed by atoms with Gasteiger partial charge in [-0.2, -0.15) is 0 Å². The lowest BCUT2D eigenvalue weighted by molar-refractivity contribution is -0.118. The molecule has 0 aliphatic carbocycles. The van der Waals surface area contributed by atoms with Crippen molar-refractivity contribution in [3.05, 3.63) is 88.5 Å². The highest BCUT2D eigenvalue weighted by atomic mass is 32.2. The maximum Gasteiger partial charge on any atom is 0.264 e. The van der Waals surface area contributed by atoms with Crippen molar-refractivity contribution in [1.29, 1.82) is 0 Å². The topological polar surface area (TPSA) is 66.5 Å². The first-order chi connectivity index (χ1) is 16.9. The van der Waals surface area contributed by atoms with Gasteiger partial charge in [0.15, 0.2) is 0 Å². The van der Waals surface area contributed by atoms with Crippen LogP contribution in [0.2, 0.25) is 0 Å². The Bertz CT molecular complexity index is 1300. The second-order valence-corrected chi connectivity index (χ2v) is 12.1. The van der Waals surface area contributed by atoms with Crippen molar-refractivity contribution >= 4 is 15.9 Å². The van der Waals surface area contributed by atoms with Crippen LogP contribution >= 0.6 is 0 Å². The van der Waals surface area contributed by atoms with Gasteiger partial charge >= 0.3 is 0 Å². The number of benzene rings is 3. The van der Waals surface area contributed by atoms with Gasteiger partial charge in [0.25, 0.3) is 10.0 Å². The number of aryl methyl sites for hydroxylation is 1. The van der Waals surface area contributed by atoms with E-state index in [1.165, 1.54) is 5.56 Å². The molecule has 1 amide bonds. The number of carbonyl (C=O) groups excluding carboxylic acids is 1. The zero-order valence-corrected chi connectivity index (χ0v) is 23.2. The van der Waals surface area contributed by atoms with Crippen LogP contribution in [0.3, 0.4) is 0 Å². The summed E-state index contributed by atoms with van der Waals surface area (Å²) in [5.41, 5.74) is 7.48. The summed E-state index contributed by atoms with van der Waals surface area (Å²) in [6.45, 7) is 11.2. The number of hydrogen-bond acceptors (Lipinski definition) is 4. The quantitative estimate of drug-likeness (QED) is 0.385. The standard InChI is InChI=1S/C30H38N2O3S/c1-20(2)27-16-25(24-10-8-9-22(5)15-24)17-28(21(3)4)29(27)18-30(33)31-36(34,35)26-13-11-23(12-14-26)19-32(6)7/h8-17,20-21H,18-19H2,1-7H3,(H,31,33). The molecule has 192 valence electrons. The third-order valence-electron chi connectivity index (χ3n) is 6.23. The van der Waals surface area contributed by atoms with Crippen LogP contribution in [-0.2, 0) is 27.8 Å². The van der Waals surface area contributed by atoms with E-state index in [4.69, 9.17) is 0 Å². The third kappa shape index (κ3) is 6.83. The van der Waals surface area contributed by atoms with Gasteiger partial charge < -0.3 is 4.90 Å². The summed E-state index contributed by atoms with van der Waals surface area (Å²) >= 11 is 0. The molecule has 0 unspecified atom stereocenters. The monoisotopic (exact) mass is 506 g/mol. The molecule has 36 heavy (non-hydrogen) atoms. The van der Waals surface area contributed by atoms with E-state index in [0.717, 1.165) is 33.4 Å². The molecular formula is C30H38N2O3S. The highest BCUT2D eigenvalue weighted by Gasteiger charge is 2.22. The molecule has 0 aliphatic rings. The minimum Gasteiger partial charge on any atom is -0.305 e. The van der Waals surface area contributed by atoms with Gasteiger partial charge in [-0.15, -0.1) is 0 Å². The van der Waals surface area contributed by atoms with Crippen LogP contribution in [0.1, 0.15) is 67.3 Å². The van der Waals surface area contributed by atoms with Crippen molar-refractivity contribution in [2.75, 3.05) is 14.1 Å². The first-order valence-corrected chi connectivity index (χ1v) is 13.9. The van der Waals surface area contributed by atoms with Crippen molar-refractivity contribution < 1.29 is 13.2 Å². The van der Waals surface area contributed by atoms with E-state index < -0.39 is 15.9 Å². The van der Waals surface area contributed by atoms with Crippen molar-refractivity contribution in [3.8, 4) is 11.1 Å². The number of hydrogen-bond donors (Lipinski definition) is 1. The van der Waals surface area contributed by atoms with Crippen molar-refractivity contribution in [1.82, 2.24) is 9.62 Å². The fraction of sp³-hybridized carbons (Fsp3) is 0.367. The van der Waals surface area contributed by atoms with Gasteiger partial charge in [-0.1, -0.05) is 81.8 Å². The van der Waals surface area contributed by atoms with Crippen LogP contribution < -0.4 is 4.72 Å². The van der Waals surface area contributed by atoms with Crippen molar-refractivity contribution in [2.45, 2.75) is 64.3 Å². The lowest BCUT2D eigenvalue weighted by Crippen LogP contribution is -2.32. The van der Waals surface area contributed by atoms with E-state index in [1.54, 1.807) is 24.3 Å². The molecule has 0 aromatic heterocycles. The van der Waals surface area contributed by atoms with Crippen LogP contribution in [0.25, 0.3) is 11.1 Å². The minimum atomic E-state index is -3.96. The van der Waals surface area contributed by atoms with Crippen molar-refractivity contribution in [3.63, 3.8) is 0 Å². The second-order valence-electron chi connectivity index (χ2n) is 10.4. The Kier molecular flexibility index (Phi) is 8.75. The SMILES string of the molecule is Cc1cccc(-c2cc(C(C)C)c(CC(=O)NS(=O)(=O)c3ccc(CN(C)C)cc3)c(C(C)C)c2)c1. The maximum absolute atomic E-state index is 13.1. The lowest BCUT2D eigenvalue weighted by atomic mass is 9.84. The Hall–Kier alpha value is -2.96. The average Bonchev–Trinajstić information content (AvgIpc) is 2.78. The zero-order chi connectivity index (χ0) is 26.6. The molecule has 0 saturated heterocycles. The predicted molar refractivity (Wildman–Crippen MR) is 148 cm³/mol. The first kappa shape index (κ1) is 27.6. The molecule has 3 aromatic rings. The number of nitrogens with one attached hydrogen (secondary N) is 1. The Balaban J connectivity index is 1.92. The van der Waals surface area contributed by atoms with Crippen molar-refractivity contribution in [2.24, 2.45) is 0 Å². The molecule has 3 aromatic carbocycles. The number of nitrogens with zero attached hydrogens (tertiary/aromatic N) is 1. The van der Waals surface area contributed by atoms with Crippen LogP contribution in [0, 0.1) is 6.92 Å².